The molecule has 1 aromatic rings. The van der Waals surface area contributed by atoms with Crippen LogP contribution in [0.4, 0.5) is 5.69 Å². The number of hydrogen-bond donors (Lipinski definition) is 2. The number of benzene rings is 1. The monoisotopic (exact) mass is 247 g/mol. The zero-order chi connectivity index (χ0) is 13.3. The fourth-order valence-electron chi connectivity index (χ4n) is 2.25. The van der Waals surface area contributed by atoms with Gasteiger partial charge in [-0.15, -0.1) is 0 Å². The Bertz CT molecular complexity index is 485. The van der Waals surface area contributed by atoms with Crippen LogP contribution < -0.4 is 16.0 Å². The molecule has 5 heteroatoms. The van der Waals surface area contributed by atoms with Crippen molar-refractivity contribution in [1.29, 1.82) is 0 Å². The van der Waals surface area contributed by atoms with Crippen molar-refractivity contribution in [3.8, 4) is 0 Å². The number of nitrogens with two attached hydrogens (primary N) is 1. The zero-order valence-electron chi connectivity index (χ0n) is 10.5. The number of anilines is 1. The molecule has 5 nitrogen and oxygen atoms in total. The predicted octanol–water partition coefficient (Wildman–Crippen LogP) is 0.0375. The molecule has 0 saturated heterocycles. The fraction of sp³-hybridized carbons (Fsp3) is 0.385. The molecule has 2 unspecified atom stereocenters. The van der Waals surface area contributed by atoms with Gasteiger partial charge < -0.3 is 11.1 Å². The molecule has 1 aromatic carbocycles. The van der Waals surface area contributed by atoms with Crippen LogP contribution in [-0.2, 0) is 16.0 Å². The van der Waals surface area contributed by atoms with Gasteiger partial charge in [-0.2, -0.15) is 0 Å². The number of carbonyl (C=O) groups is 2. The summed E-state index contributed by atoms with van der Waals surface area (Å²) in [5, 5.41) is 2.59. The molecule has 2 atom stereocenters. The number of hydrogen-bond acceptors (Lipinski definition) is 3. The van der Waals surface area contributed by atoms with Crippen molar-refractivity contribution >= 4 is 17.5 Å². The Morgan fingerprint density at radius 3 is 2.72 bits per heavy atom. The van der Waals surface area contributed by atoms with E-state index in [4.69, 9.17) is 5.73 Å². The number of carbonyl (C=O) groups excluding carboxylic acids is 2. The smallest absolute Gasteiger partial charge is 0.244 e. The molecule has 0 spiro atoms. The van der Waals surface area contributed by atoms with Crippen LogP contribution >= 0.6 is 0 Å². The van der Waals surface area contributed by atoms with Gasteiger partial charge in [0.2, 0.25) is 11.8 Å². The maximum atomic E-state index is 12.2. The number of nitrogens with one attached hydrogen (secondary N) is 1. The van der Waals surface area contributed by atoms with Crippen molar-refractivity contribution in [2.75, 3.05) is 11.9 Å². The minimum atomic E-state index is -0.622. The lowest BCUT2D eigenvalue weighted by molar-refractivity contribution is -0.126. The quantitative estimate of drug-likeness (QED) is 0.774. The highest BCUT2D eigenvalue weighted by molar-refractivity contribution is 6.05. The lowest BCUT2D eigenvalue weighted by Crippen LogP contribution is -2.51. The molecular formula is C13H17N3O2. The van der Waals surface area contributed by atoms with Crippen LogP contribution in [0.15, 0.2) is 24.3 Å². The Balaban J connectivity index is 2.42. The first kappa shape index (κ1) is 12.6. The van der Waals surface area contributed by atoms with Crippen molar-refractivity contribution in [2.45, 2.75) is 25.4 Å². The van der Waals surface area contributed by atoms with Crippen LogP contribution in [0.1, 0.15) is 12.5 Å². The number of amides is 2. The number of para-hydroxylation sites is 1. The Kier molecular flexibility index (Phi) is 3.34. The Labute approximate surface area is 106 Å². The van der Waals surface area contributed by atoms with Crippen LogP contribution in [0, 0.1) is 0 Å². The molecule has 0 fully saturated rings. The van der Waals surface area contributed by atoms with Crippen molar-refractivity contribution in [3.63, 3.8) is 0 Å². The Hall–Kier alpha value is -1.88. The molecule has 2 rings (SSSR count). The molecule has 0 saturated carbocycles. The van der Waals surface area contributed by atoms with Crippen molar-refractivity contribution < 1.29 is 9.59 Å². The molecule has 1 aliphatic rings. The fourth-order valence-corrected chi connectivity index (χ4v) is 2.25. The summed E-state index contributed by atoms with van der Waals surface area (Å²) in [7, 11) is 1.57. The highest BCUT2D eigenvalue weighted by Gasteiger charge is 2.38. The molecule has 0 radical (unpaired) electrons. The van der Waals surface area contributed by atoms with Crippen LogP contribution in [0.5, 0.6) is 0 Å². The van der Waals surface area contributed by atoms with E-state index in [-0.39, 0.29) is 11.8 Å². The second kappa shape index (κ2) is 4.78. The number of rotatable bonds is 2. The van der Waals surface area contributed by atoms with E-state index in [0.717, 1.165) is 11.3 Å². The van der Waals surface area contributed by atoms with E-state index < -0.39 is 12.1 Å². The summed E-state index contributed by atoms with van der Waals surface area (Å²) in [6.07, 6.45) is 0.536. The molecule has 2 amide bonds. The summed E-state index contributed by atoms with van der Waals surface area (Å²) in [6.45, 7) is 1.63. The first-order chi connectivity index (χ1) is 8.56. The molecule has 0 bridgehead atoms. The van der Waals surface area contributed by atoms with Gasteiger partial charge >= 0.3 is 0 Å². The van der Waals surface area contributed by atoms with E-state index in [1.807, 2.05) is 24.3 Å². The summed E-state index contributed by atoms with van der Waals surface area (Å²) in [5.74, 6) is -0.395. The largest absolute Gasteiger partial charge is 0.357 e. The molecule has 1 aliphatic heterocycles. The number of nitrogens with zero attached hydrogens (tertiary/aromatic N) is 1. The van der Waals surface area contributed by atoms with Crippen LogP contribution in [0.2, 0.25) is 0 Å². The summed E-state index contributed by atoms with van der Waals surface area (Å²) in [6, 6.07) is 6.42. The summed E-state index contributed by atoms with van der Waals surface area (Å²) in [4.78, 5) is 25.5. The maximum absolute atomic E-state index is 12.2. The molecule has 18 heavy (non-hydrogen) atoms. The van der Waals surface area contributed by atoms with E-state index in [1.54, 1.807) is 14.0 Å². The van der Waals surface area contributed by atoms with Gasteiger partial charge in [0, 0.05) is 19.2 Å². The lowest BCUT2D eigenvalue weighted by Gasteiger charge is -2.25. The standard InChI is InChI=1S/C13H17N3O2/c1-8(14)13(18)16-10-6-4-3-5-9(10)7-11(16)12(17)15-2/h3-6,8,11H,7,14H2,1-2H3,(H,15,17). The molecule has 0 aromatic heterocycles. The zero-order valence-corrected chi connectivity index (χ0v) is 10.5. The van der Waals surface area contributed by atoms with Gasteiger partial charge in [0.05, 0.1) is 6.04 Å². The van der Waals surface area contributed by atoms with Gasteiger partial charge in [0.15, 0.2) is 0 Å². The van der Waals surface area contributed by atoms with Gasteiger partial charge in [0.25, 0.3) is 0 Å². The van der Waals surface area contributed by atoms with Crippen LogP contribution in [0.3, 0.4) is 0 Å². The van der Waals surface area contributed by atoms with Crippen molar-refractivity contribution in [3.05, 3.63) is 29.8 Å². The van der Waals surface area contributed by atoms with Crippen molar-refractivity contribution in [1.82, 2.24) is 5.32 Å². The summed E-state index contributed by atoms with van der Waals surface area (Å²) < 4.78 is 0. The average Bonchev–Trinajstić information content (AvgIpc) is 2.75. The van der Waals surface area contributed by atoms with Gasteiger partial charge in [0.1, 0.15) is 6.04 Å². The second-order valence-corrected chi connectivity index (χ2v) is 4.46. The molecule has 1 heterocycles. The lowest BCUT2D eigenvalue weighted by atomic mass is 10.1. The molecule has 0 aliphatic carbocycles. The highest BCUT2D eigenvalue weighted by atomic mass is 16.2. The first-order valence-electron chi connectivity index (χ1n) is 5.94. The van der Waals surface area contributed by atoms with Gasteiger partial charge in [-0.25, -0.2) is 0 Å². The Morgan fingerprint density at radius 2 is 2.11 bits per heavy atom. The third-order valence-corrected chi connectivity index (χ3v) is 3.15. The molecular weight excluding hydrogens is 230 g/mol. The van der Waals surface area contributed by atoms with Crippen LogP contribution in [-0.4, -0.2) is 30.9 Å². The third kappa shape index (κ3) is 1.97. The minimum absolute atomic E-state index is 0.166. The molecule has 3 N–H and O–H groups in total. The normalized spacial score (nSPS) is 19.3. The predicted molar refractivity (Wildman–Crippen MR) is 69.1 cm³/mol. The maximum Gasteiger partial charge on any atom is 0.244 e. The minimum Gasteiger partial charge on any atom is -0.357 e. The average molecular weight is 247 g/mol. The summed E-state index contributed by atoms with van der Waals surface area (Å²) >= 11 is 0. The third-order valence-electron chi connectivity index (χ3n) is 3.15. The SMILES string of the molecule is CNC(=O)C1Cc2ccccc2N1C(=O)C(C)N. The van der Waals surface area contributed by atoms with E-state index in [9.17, 15) is 9.59 Å². The van der Waals surface area contributed by atoms with Gasteiger partial charge in [-0.3, -0.25) is 14.5 Å². The highest BCUT2D eigenvalue weighted by Crippen LogP contribution is 2.32. The van der Waals surface area contributed by atoms with E-state index in [0.29, 0.717) is 6.42 Å². The first-order valence-corrected chi connectivity index (χ1v) is 5.94. The Morgan fingerprint density at radius 1 is 1.44 bits per heavy atom. The summed E-state index contributed by atoms with van der Waals surface area (Å²) in [5.41, 5.74) is 7.44. The van der Waals surface area contributed by atoms with E-state index >= 15 is 0 Å². The van der Waals surface area contributed by atoms with E-state index in [1.165, 1.54) is 4.90 Å². The number of fused-ring (bicyclic) bond motifs is 1. The van der Waals surface area contributed by atoms with Gasteiger partial charge in [-0.1, -0.05) is 18.2 Å². The van der Waals surface area contributed by atoms with E-state index in [2.05, 4.69) is 5.32 Å². The molecule has 96 valence electrons. The van der Waals surface area contributed by atoms with Gasteiger partial charge in [-0.05, 0) is 18.6 Å². The topological polar surface area (TPSA) is 75.4 Å². The second-order valence-electron chi connectivity index (χ2n) is 4.46. The van der Waals surface area contributed by atoms with Crippen LogP contribution in [0.25, 0.3) is 0 Å². The number of likely N-dealkylation sites (N-methyl/N-ethyl adjacent to an activating group) is 1. The van der Waals surface area contributed by atoms with Crippen molar-refractivity contribution in [2.24, 2.45) is 5.73 Å².